The molecule has 1 aromatic carbocycles. The second kappa shape index (κ2) is 8.11. The average Bonchev–Trinajstić information content (AvgIpc) is 2.65. The fourth-order valence-corrected chi connectivity index (χ4v) is 4.17. The van der Waals surface area contributed by atoms with Crippen molar-refractivity contribution in [1.82, 2.24) is 9.88 Å². The molecule has 0 saturated carbocycles. The van der Waals surface area contributed by atoms with Crippen LogP contribution in [0.4, 0.5) is 0 Å². The Morgan fingerprint density at radius 2 is 1.72 bits per heavy atom. The Bertz CT molecular complexity index is 594. The minimum absolute atomic E-state index is 0.642. The molecule has 0 spiro atoms. The van der Waals surface area contributed by atoms with Gasteiger partial charge in [0.25, 0.3) is 0 Å². The molecule has 0 radical (unpaired) electrons. The quantitative estimate of drug-likeness (QED) is 0.849. The molecule has 134 valence electrons. The molecule has 3 heteroatoms. The van der Waals surface area contributed by atoms with Crippen LogP contribution in [-0.2, 0) is 5.60 Å². The van der Waals surface area contributed by atoms with E-state index in [9.17, 15) is 5.11 Å². The molecule has 0 amide bonds. The van der Waals surface area contributed by atoms with E-state index in [1.54, 1.807) is 6.20 Å². The van der Waals surface area contributed by atoms with Crippen molar-refractivity contribution in [3.05, 3.63) is 66.0 Å². The molecule has 3 rings (SSSR count). The zero-order valence-electron chi connectivity index (χ0n) is 15.4. The molecule has 25 heavy (non-hydrogen) atoms. The first kappa shape index (κ1) is 18.1. The number of aromatic nitrogens is 1. The predicted molar refractivity (Wildman–Crippen MR) is 102 cm³/mol. The molecule has 1 fully saturated rings. The number of hydrogen-bond acceptors (Lipinski definition) is 3. The van der Waals surface area contributed by atoms with Crippen LogP contribution in [0.25, 0.3) is 0 Å². The van der Waals surface area contributed by atoms with Crippen molar-refractivity contribution in [2.75, 3.05) is 6.54 Å². The summed E-state index contributed by atoms with van der Waals surface area (Å²) in [7, 11) is 0. The Morgan fingerprint density at radius 3 is 2.36 bits per heavy atom. The molecule has 2 aromatic rings. The van der Waals surface area contributed by atoms with E-state index in [0.29, 0.717) is 18.5 Å². The lowest BCUT2D eigenvalue weighted by Gasteiger charge is -2.39. The van der Waals surface area contributed by atoms with Crippen molar-refractivity contribution in [1.29, 1.82) is 0 Å². The van der Waals surface area contributed by atoms with Crippen LogP contribution >= 0.6 is 0 Å². The monoisotopic (exact) mass is 340 g/mol. The fraction of sp³-hybridized carbons (Fsp3) is 0.500. The summed E-state index contributed by atoms with van der Waals surface area (Å²) in [6.07, 6.45) is 7.31. The number of nitrogens with zero attached hydrogens (tertiary/aromatic N) is 2. The summed E-state index contributed by atoms with van der Waals surface area (Å²) in [4.78, 5) is 7.06. The van der Waals surface area contributed by atoms with E-state index in [1.807, 2.05) is 48.5 Å². The summed E-state index contributed by atoms with van der Waals surface area (Å²) in [5, 5.41) is 11.5. The fourth-order valence-electron chi connectivity index (χ4n) is 4.17. The van der Waals surface area contributed by atoms with E-state index < -0.39 is 5.60 Å². The smallest absolute Gasteiger partial charge is 0.131 e. The van der Waals surface area contributed by atoms with Crippen LogP contribution in [0.3, 0.4) is 0 Å². The van der Waals surface area contributed by atoms with Crippen molar-refractivity contribution in [2.45, 2.75) is 63.6 Å². The van der Waals surface area contributed by atoms with E-state index in [0.717, 1.165) is 24.2 Å². The lowest BCUT2D eigenvalue weighted by atomic mass is 9.97. The second-order valence-corrected chi connectivity index (χ2v) is 7.41. The first-order chi connectivity index (χ1) is 12.1. The normalized spacial score (nSPS) is 24.0. The number of piperidine rings is 1. The largest absolute Gasteiger partial charge is 0.379 e. The highest BCUT2D eigenvalue weighted by Crippen LogP contribution is 2.33. The number of pyridine rings is 1. The number of rotatable bonds is 6. The summed E-state index contributed by atoms with van der Waals surface area (Å²) in [5.74, 6) is 0. The Hall–Kier alpha value is -1.71. The van der Waals surface area contributed by atoms with Crippen molar-refractivity contribution < 1.29 is 5.11 Å². The van der Waals surface area contributed by atoms with Crippen LogP contribution in [0, 0.1) is 0 Å². The van der Waals surface area contributed by atoms with Crippen molar-refractivity contribution >= 4 is 0 Å². The van der Waals surface area contributed by atoms with E-state index in [2.05, 4.69) is 23.7 Å². The molecule has 0 aliphatic carbocycles. The van der Waals surface area contributed by atoms with Gasteiger partial charge in [-0.2, -0.15) is 0 Å². The average molecular weight is 340 g/mol. The first-order valence-corrected chi connectivity index (χ1v) is 9.56. The molecule has 3 nitrogen and oxygen atoms in total. The predicted octanol–water partition coefficient (Wildman–Crippen LogP) is 4.36. The molecule has 3 atom stereocenters. The van der Waals surface area contributed by atoms with Gasteiger partial charge < -0.3 is 5.11 Å². The summed E-state index contributed by atoms with van der Waals surface area (Å²) < 4.78 is 0. The van der Waals surface area contributed by atoms with Gasteiger partial charge in [0, 0.05) is 18.3 Å². The highest BCUT2D eigenvalue weighted by atomic mass is 16.5. The maximum Gasteiger partial charge on any atom is 0.131 e. The van der Waals surface area contributed by atoms with E-state index in [-0.39, 0.29) is 0 Å². The SMILES string of the molecule is C[C@@H]1CCC[C@H](C)N1CCC[14C](O)(c1ccccc1)c1ccccn1. The van der Waals surface area contributed by atoms with Gasteiger partial charge in [0.1, 0.15) is 5.60 Å². The van der Waals surface area contributed by atoms with Gasteiger partial charge in [-0.25, -0.2) is 0 Å². The third kappa shape index (κ3) is 4.10. The summed E-state index contributed by atoms with van der Waals surface area (Å²) >= 11 is 0. The van der Waals surface area contributed by atoms with Gasteiger partial charge >= 0.3 is 0 Å². The van der Waals surface area contributed by atoms with Gasteiger partial charge in [0.2, 0.25) is 0 Å². The molecule has 1 unspecified atom stereocenters. The van der Waals surface area contributed by atoms with Crippen LogP contribution in [0.5, 0.6) is 0 Å². The van der Waals surface area contributed by atoms with Gasteiger partial charge in [-0.3, -0.25) is 9.88 Å². The summed E-state index contributed by atoms with van der Waals surface area (Å²) in [6, 6.07) is 17.0. The molecule has 1 aliphatic heterocycles. The topological polar surface area (TPSA) is 36.4 Å². The van der Waals surface area contributed by atoms with Crippen molar-refractivity contribution in [3.8, 4) is 0 Å². The minimum Gasteiger partial charge on any atom is -0.379 e. The Kier molecular flexibility index (Phi) is 5.87. The van der Waals surface area contributed by atoms with Crippen molar-refractivity contribution in [3.63, 3.8) is 0 Å². The number of hydrogen-bond donors (Lipinski definition) is 1. The summed E-state index contributed by atoms with van der Waals surface area (Å²) in [6.45, 7) is 5.69. The molecule has 1 aromatic heterocycles. The number of likely N-dealkylation sites (tertiary alicyclic amines) is 1. The maximum absolute atomic E-state index is 11.5. The molecule has 2 heterocycles. The lowest BCUT2D eigenvalue weighted by Crippen LogP contribution is -2.44. The van der Waals surface area contributed by atoms with Crippen LogP contribution in [-0.4, -0.2) is 33.6 Å². The summed E-state index contributed by atoms with van der Waals surface area (Å²) in [5.41, 5.74) is 0.638. The molecular formula is C22H30N2O. The molecule has 1 saturated heterocycles. The van der Waals surface area contributed by atoms with Crippen LogP contribution in [0.15, 0.2) is 54.7 Å². The number of benzene rings is 1. The third-order valence-corrected chi connectivity index (χ3v) is 5.67. The molecule has 1 aliphatic rings. The Balaban J connectivity index is 1.75. The Morgan fingerprint density at radius 1 is 1.04 bits per heavy atom. The number of aliphatic hydroxyl groups is 1. The minimum atomic E-state index is -1.02. The highest BCUT2D eigenvalue weighted by molar-refractivity contribution is 5.31. The highest BCUT2D eigenvalue weighted by Gasteiger charge is 2.33. The van der Waals surface area contributed by atoms with E-state index >= 15 is 0 Å². The van der Waals surface area contributed by atoms with Crippen LogP contribution in [0.1, 0.15) is 57.2 Å². The standard InChI is InChI=1S/C22H30N2O/c1-18-10-8-11-19(2)24(18)17-9-15-22(25,20-12-4-3-5-13-20)21-14-6-7-16-23-21/h3-7,12-14,16,18-19,25H,8-11,15,17H2,1-2H3/t18-,19+,22?/i22+2. The zero-order valence-corrected chi connectivity index (χ0v) is 15.4. The van der Waals surface area contributed by atoms with Crippen LogP contribution < -0.4 is 0 Å². The van der Waals surface area contributed by atoms with Gasteiger partial charge in [-0.05, 0) is 63.8 Å². The van der Waals surface area contributed by atoms with Gasteiger partial charge in [0.05, 0.1) is 5.69 Å². The van der Waals surface area contributed by atoms with Gasteiger partial charge in [0.15, 0.2) is 0 Å². The van der Waals surface area contributed by atoms with Gasteiger partial charge in [-0.15, -0.1) is 0 Å². The van der Waals surface area contributed by atoms with Gasteiger partial charge in [-0.1, -0.05) is 42.8 Å². The molecule has 0 bridgehead atoms. The zero-order chi connectivity index (χ0) is 17.7. The van der Waals surface area contributed by atoms with E-state index in [4.69, 9.17) is 0 Å². The molecule has 1 N–H and O–H groups in total. The first-order valence-electron chi connectivity index (χ1n) is 9.56. The van der Waals surface area contributed by atoms with E-state index in [1.165, 1.54) is 19.3 Å². The maximum atomic E-state index is 11.5. The van der Waals surface area contributed by atoms with Crippen molar-refractivity contribution in [2.24, 2.45) is 0 Å². The Labute approximate surface area is 151 Å². The lowest BCUT2D eigenvalue weighted by molar-refractivity contribution is 0.0489. The third-order valence-electron chi connectivity index (χ3n) is 5.67. The second-order valence-electron chi connectivity index (χ2n) is 7.41. The van der Waals surface area contributed by atoms with Crippen LogP contribution in [0.2, 0.25) is 0 Å². The molecular weight excluding hydrogens is 310 g/mol.